The normalized spacial score (nSPS) is 12.7. The Morgan fingerprint density at radius 3 is 2.63 bits per heavy atom. The second-order valence-electron chi connectivity index (χ2n) is 4.29. The van der Waals surface area contributed by atoms with Crippen molar-refractivity contribution in [2.24, 2.45) is 0 Å². The lowest BCUT2D eigenvalue weighted by Gasteiger charge is -2.06. The first-order valence-corrected chi connectivity index (χ1v) is 5.88. The van der Waals surface area contributed by atoms with Gasteiger partial charge in [-0.15, -0.1) is 0 Å². The van der Waals surface area contributed by atoms with Gasteiger partial charge in [0.05, 0.1) is 0 Å². The average molecular weight is 255 g/mol. The van der Waals surface area contributed by atoms with Crippen LogP contribution in [0.5, 0.6) is 0 Å². The molecular weight excluding hydrogens is 242 g/mol. The fourth-order valence-corrected chi connectivity index (χ4v) is 1.97. The molecule has 0 amide bonds. The molecule has 0 radical (unpaired) electrons. The maximum Gasteiger partial charge on any atom is 0.183 e. The average Bonchev–Trinajstić information content (AvgIpc) is 2.83. The number of hydrogen-bond acceptors (Lipinski definition) is 5. The summed E-state index contributed by atoms with van der Waals surface area (Å²) in [5, 5.41) is 10.3. The molecule has 0 saturated carbocycles. The van der Waals surface area contributed by atoms with Crippen molar-refractivity contribution in [3.63, 3.8) is 0 Å². The summed E-state index contributed by atoms with van der Waals surface area (Å²) in [6, 6.07) is 9.27. The van der Waals surface area contributed by atoms with Crippen LogP contribution in [0.25, 0.3) is 11.2 Å². The number of aromatic amines is 1. The van der Waals surface area contributed by atoms with E-state index in [9.17, 15) is 5.11 Å². The third-order valence-corrected chi connectivity index (χ3v) is 2.88. The zero-order valence-electron chi connectivity index (χ0n) is 10.3. The smallest absolute Gasteiger partial charge is 0.183 e. The van der Waals surface area contributed by atoms with E-state index in [4.69, 9.17) is 5.73 Å². The summed E-state index contributed by atoms with van der Waals surface area (Å²) < 4.78 is 0. The maximum absolute atomic E-state index is 10.3. The number of imidazole rings is 1. The van der Waals surface area contributed by atoms with Crippen LogP contribution in [0.15, 0.2) is 30.3 Å². The predicted molar refractivity (Wildman–Crippen MR) is 71.3 cm³/mol. The number of rotatable bonds is 2. The Bertz CT molecular complexity index is 722. The zero-order chi connectivity index (χ0) is 13.4. The highest BCUT2D eigenvalue weighted by molar-refractivity contribution is 5.81. The molecule has 3 aromatic rings. The minimum Gasteiger partial charge on any atom is -0.382 e. The quantitative estimate of drug-likeness (QED) is 0.641. The van der Waals surface area contributed by atoms with Gasteiger partial charge in [-0.05, 0) is 12.5 Å². The second kappa shape index (κ2) is 4.33. The molecule has 0 bridgehead atoms. The van der Waals surface area contributed by atoms with Crippen molar-refractivity contribution < 1.29 is 5.11 Å². The van der Waals surface area contributed by atoms with E-state index < -0.39 is 6.10 Å². The van der Waals surface area contributed by atoms with Crippen LogP contribution in [0, 0.1) is 6.92 Å². The van der Waals surface area contributed by atoms with Gasteiger partial charge in [0.25, 0.3) is 0 Å². The summed E-state index contributed by atoms with van der Waals surface area (Å²) in [7, 11) is 0. The Hall–Kier alpha value is -2.47. The molecule has 1 aromatic carbocycles. The van der Waals surface area contributed by atoms with Crippen molar-refractivity contribution in [1.82, 2.24) is 19.9 Å². The number of nitrogen functional groups attached to an aromatic ring is 1. The van der Waals surface area contributed by atoms with Gasteiger partial charge in [-0.3, -0.25) is 0 Å². The van der Waals surface area contributed by atoms with Gasteiger partial charge < -0.3 is 15.8 Å². The molecule has 6 nitrogen and oxygen atoms in total. The van der Waals surface area contributed by atoms with Crippen LogP contribution in [-0.4, -0.2) is 25.0 Å². The number of aromatic nitrogens is 4. The van der Waals surface area contributed by atoms with Crippen LogP contribution >= 0.6 is 0 Å². The number of nitrogens with one attached hydrogen (secondary N) is 1. The predicted octanol–water partition coefficient (Wildman–Crippen LogP) is 1.33. The van der Waals surface area contributed by atoms with Crippen LogP contribution < -0.4 is 5.73 Å². The lowest BCUT2D eigenvalue weighted by Crippen LogP contribution is -2.01. The monoisotopic (exact) mass is 255 g/mol. The molecule has 3 rings (SSSR count). The Morgan fingerprint density at radius 1 is 1.16 bits per heavy atom. The van der Waals surface area contributed by atoms with Gasteiger partial charge in [0.15, 0.2) is 11.5 Å². The number of benzene rings is 1. The summed E-state index contributed by atoms with van der Waals surface area (Å²) in [5.74, 6) is 1.30. The number of aryl methyl sites for hydroxylation is 1. The number of aliphatic hydroxyl groups excluding tert-OH is 1. The van der Waals surface area contributed by atoms with Gasteiger partial charge >= 0.3 is 0 Å². The van der Waals surface area contributed by atoms with E-state index in [-0.39, 0.29) is 0 Å². The summed E-state index contributed by atoms with van der Waals surface area (Å²) in [6.07, 6.45) is -0.838. The molecule has 6 heteroatoms. The standard InChI is InChI=1S/C13H13N5O/c1-7-15-11(14)9-12(16-7)18-13(17-9)10(19)8-5-3-2-4-6-8/h2-6,10,19H,1H3,(H3,14,15,16,17,18)/t10-/m1/s1. The largest absolute Gasteiger partial charge is 0.382 e. The van der Waals surface area contributed by atoms with Crippen molar-refractivity contribution in [2.75, 3.05) is 5.73 Å². The number of nitrogens with zero attached hydrogens (tertiary/aromatic N) is 3. The highest BCUT2D eigenvalue weighted by atomic mass is 16.3. The molecule has 1 atom stereocenters. The third-order valence-electron chi connectivity index (χ3n) is 2.88. The van der Waals surface area contributed by atoms with E-state index in [1.807, 2.05) is 30.3 Å². The van der Waals surface area contributed by atoms with Crippen LogP contribution in [-0.2, 0) is 0 Å². The SMILES string of the molecule is Cc1nc(N)c2[nH]c([C@H](O)c3ccccc3)nc2n1. The highest BCUT2D eigenvalue weighted by Gasteiger charge is 2.16. The van der Waals surface area contributed by atoms with Crippen LogP contribution in [0.4, 0.5) is 5.82 Å². The molecule has 0 fully saturated rings. The van der Waals surface area contributed by atoms with Gasteiger partial charge in [0.1, 0.15) is 23.3 Å². The second-order valence-corrected chi connectivity index (χ2v) is 4.29. The first-order valence-electron chi connectivity index (χ1n) is 5.88. The molecule has 0 aliphatic rings. The molecule has 96 valence electrons. The Labute approximate surface area is 109 Å². The molecule has 2 aromatic heterocycles. The van der Waals surface area contributed by atoms with Gasteiger partial charge in [-0.2, -0.15) is 0 Å². The first kappa shape index (κ1) is 11.6. The fourth-order valence-electron chi connectivity index (χ4n) is 1.97. The van der Waals surface area contributed by atoms with Crippen LogP contribution in [0.2, 0.25) is 0 Å². The van der Waals surface area contributed by atoms with Gasteiger partial charge in [-0.25, -0.2) is 15.0 Å². The van der Waals surface area contributed by atoms with Crippen molar-refractivity contribution >= 4 is 17.0 Å². The lowest BCUT2D eigenvalue weighted by atomic mass is 10.1. The Balaban J connectivity index is 2.09. The van der Waals surface area contributed by atoms with Gasteiger partial charge in [-0.1, -0.05) is 30.3 Å². The molecule has 0 aliphatic heterocycles. The molecule has 2 heterocycles. The van der Waals surface area contributed by atoms with E-state index in [0.717, 1.165) is 5.56 Å². The number of aliphatic hydroxyl groups is 1. The summed E-state index contributed by atoms with van der Waals surface area (Å²) >= 11 is 0. The van der Waals surface area contributed by atoms with Crippen molar-refractivity contribution in [3.05, 3.63) is 47.5 Å². The van der Waals surface area contributed by atoms with Crippen molar-refractivity contribution in [3.8, 4) is 0 Å². The Morgan fingerprint density at radius 2 is 1.89 bits per heavy atom. The Kier molecular flexibility index (Phi) is 2.64. The number of fused-ring (bicyclic) bond motifs is 1. The maximum atomic E-state index is 10.3. The summed E-state index contributed by atoms with van der Waals surface area (Å²) in [6.45, 7) is 1.75. The van der Waals surface area contributed by atoms with Gasteiger partial charge in [0, 0.05) is 0 Å². The molecule has 0 aliphatic carbocycles. The minimum absolute atomic E-state index is 0.335. The van der Waals surface area contributed by atoms with E-state index in [0.29, 0.717) is 28.6 Å². The van der Waals surface area contributed by atoms with Gasteiger partial charge in [0.2, 0.25) is 0 Å². The molecular formula is C13H13N5O. The molecule has 0 spiro atoms. The third kappa shape index (κ3) is 2.02. The number of H-pyrrole nitrogens is 1. The van der Waals surface area contributed by atoms with Crippen LogP contribution in [0.3, 0.4) is 0 Å². The number of hydrogen-bond donors (Lipinski definition) is 3. The number of anilines is 1. The highest BCUT2D eigenvalue weighted by Crippen LogP contribution is 2.23. The van der Waals surface area contributed by atoms with E-state index in [1.165, 1.54) is 0 Å². The van der Waals surface area contributed by atoms with E-state index in [2.05, 4.69) is 19.9 Å². The number of nitrogens with two attached hydrogens (primary N) is 1. The van der Waals surface area contributed by atoms with E-state index >= 15 is 0 Å². The zero-order valence-corrected chi connectivity index (χ0v) is 10.3. The summed E-state index contributed by atoms with van der Waals surface area (Å²) in [5.41, 5.74) is 7.58. The molecule has 19 heavy (non-hydrogen) atoms. The minimum atomic E-state index is -0.838. The molecule has 0 saturated heterocycles. The topological polar surface area (TPSA) is 101 Å². The fraction of sp³-hybridized carbons (Fsp3) is 0.154. The van der Waals surface area contributed by atoms with Crippen LogP contribution in [0.1, 0.15) is 23.3 Å². The van der Waals surface area contributed by atoms with Crippen molar-refractivity contribution in [2.45, 2.75) is 13.0 Å². The first-order chi connectivity index (χ1) is 9.15. The van der Waals surface area contributed by atoms with E-state index in [1.54, 1.807) is 6.92 Å². The molecule has 0 unspecified atom stereocenters. The lowest BCUT2D eigenvalue weighted by molar-refractivity contribution is 0.211. The molecule has 4 N–H and O–H groups in total. The summed E-state index contributed by atoms with van der Waals surface area (Å²) in [4.78, 5) is 15.5. The van der Waals surface area contributed by atoms with Crippen molar-refractivity contribution in [1.29, 1.82) is 0 Å².